The largest absolute Gasteiger partial charge is 0.380 e. The van der Waals surface area contributed by atoms with E-state index in [9.17, 15) is 0 Å². The van der Waals surface area contributed by atoms with Gasteiger partial charge in [-0.25, -0.2) is 0 Å². The van der Waals surface area contributed by atoms with Crippen molar-refractivity contribution in [3.8, 4) is 0 Å². The summed E-state index contributed by atoms with van der Waals surface area (Å²) in [6, 6.07) is 8.92. The van der Waals surface area contributed by atoms with Gasteiger partial charge in [0.25, 0.3) is 0 Å². The maximum Gasteiger partial charge on any atom is 0.0699 e. The second kappa shape index (κ2) is 6.07. The standard InChI is InChI=1S/C18H28N2O/c1-14-9-10-18(13-19,17-8-4-3-7-16(14)17)20-11-5-6-15(12-20)21-2/h3-4,7-8,14-15H,5-6,9-13,19H2,1-2H3. The number of nitrogens with two attached hydrogens (primary N) is 1. The molecular formula is C18H28N2O. The molecule has 1 aromatic rings. The predicted molar refractivity (Wildman–Crippen MR) is 86.4 cm³/mol. The summed E-state index contributed by atoms with van der Waals surface area (Å²) in [5, 5.41) is 0. The third-order valence-corrected chi connectivity index (χ3v) is 5.64. The first kappa shape index (κ1) is 15.0. The minimum Gasteiger partial charge on any atom is -0.380 e. The third-order valence-electron chi connectivity index (χ3n) is 5.64. The maximum absolute atomic E-state index is 6.33. The van der Waals surface area contributed by atoms with Crippen LogP contribution in [0, 0.1) is 0 Å². The molecule has 1 aliphatic carbocycles. The quantitative estimate of drug-likeness (QED) is 0.929. The smallest absolute Gasteiger partial charge is 0.0699 e. The topological polar surface area (TPSA) is 38.5 Å². The van der Waals surface area contributed by atoms with Gasteiger partial charge in [0, 0.05) is 20.2 Å². The van der Waals surface area contributed by atoms with E-state index in [1.165, 1.54) is 30.4 Å². The fourth-order valence-corrected chi connectivity index (χ4v) is 4.28. The molecule has 1 saturated heterocycles. The Labute approximate surface area is 128 Å². The van der Waals surface area contributed by atoms with Crippen LogP contribution in [0.1, 0.15) is 49.7 Å². The van der Waals surface area contributed by atoms with Gasteiger partial charge >= 0.3 is 0 Å². The number of hydrogen-bond donors (Lipinski definition) is 1. The maximum atomic E-state index is 6.33. The number of likely N-dealkylation sites (tertiary alicyclic amines) is 1. The van der Waals surface area contributed by atoms with E-state index in [2.05, 4.69) is 36.1 Å². The van der Waals surface area contributed by atoms with Crippen molar-refractivity contribution >= 4 is 0 Å². The normalized spacial score (nSPS) is 33.7. The number of piperidine rings is 1. The molecular weight excluding hydrogens is 260 g/mol. The van der Waals surface area contributed by atoms with Gasteiger partial charge < -0.3 is 10.5 Å². The zero-order valence-corrected chi connectivity index (χ0v) is 13.3. The van der Waals surface area contributed by atoms with Crippen molar-refractivity contribution in [3.63, 3.8) is 0 Å². The van der Waals surface area contributed by atoms with Gasteiger partial charge in [0.05, 0.1) is 11.6 Å². The van der Waals surface area contributed by atoms with E-state index in [4.69, 9.17) is 10.5 Å². The van der Waals surface area contributed by atoms with E-state index in [0.29, 0.717) is 18.6 Å². The molecule has 3 nitrogen and oxygen atoms in total. The summed E-state index contributed by atoms with van der Waals surface area (Å²) >= 11 is 0. The highest BCUT2D eigenvalue weighted by Gasteiger charge is 2.43. The van der Waals surface area contributed by atoms with Crippen molar-refractivity contribution in [2.45, 2.75) is 50.2 Å². The minimum absolute atomic E-state index is 0.0142. The second-order valence-corrected chi connectivity index (χ2v) is 6.71. The van der Waals surface area contributed by atoms with Crippen LogP contribution in [0.25, 0.3) is 0 Å². The second-order valence-electron chi connectivity index (χ2n) is 6.71. The van der Waals surface area contributed by atoms with Crippen LogP contribution in [-0.4, -0.2) is 37.7 Å². The summed E-state index contributed by atoms with van der Waals surface area (Å²) in [5.41, 5.74) is 9.30. The van der Waals surface area contributed by atoms with Crippen LogP contribution < -0.4 is 5.73 Å². The highest BCUT2D eigenvalue weighted by Crippen LogP contribution is 2.45. The van der Waals surface area contributed by atoms with Crippen molar-refractivity contribution in [2.75, 3.05) is 26.7 Å². The van der Waals surface area contributed by atoms with E-state index in [0.717, 1.165) is 19.5 Å². The summed E-state index contributed by atoms with van der Waals surface area (Å²) in [4.78, 5) is 2.61. The van der Waals surface area contributed by atoms with Crippen LogP contribution in [0.2, 0.25) is 0 Å². The van der Waals surface area contributed by atoms with Gasteiger partial charge in [0.2, 0.25) is 0 Å². The number of fused-ring (bicyclic) bond motifs is 1. The van der Waals surface area contributed by atoms with E-state index in [1.54, 1.807) is 0 Å². The van der Waals surface area contributed by atoms with E-state index >= 15 is 0 Å². The van der Waals surface area contributed by atoms with Gasteiger partial charge in [-0.05, 0) is 49.3 Å². The summed E-state index contributed by atoms with van der Waals surface area (Å²) in [5.74, 6) is 0.642. The van der Waals surface area contributed by atoms with Crippen molar-refractivity contribution in [3.05, 3.63) is 35.4 Å². The molecule has 0 aromatic heterocycles. The molecule has 0 amide bonds. The summed E-state index contributed by atoms with van der Waals surface area (Å²) in [6.07, 6.45) is 5.12. The molecule has 1 aliphatic heterocycles. The number of rotatable bonds is 3. The summed E-state index contributed by atoms with van der Waals surface area (Å²) in [7, 11) is 1.83. The Morgan fingerprint density at radius 1 is 1.33 bits per heavy atom. The Kier molecular flexibility index (Phi) is 4.34. The Bertz CT molecular complexity index is 490. The molecule has 3 heteroatoms. The van der Waals surface area contributed by atoms with Gasteiger partial charge in [-0.2, -0.15) is 0 Å². The Balaban J connectivity index is 1.99. The molecule has 1 aromatic carbocycles. The average Bonchev–Trinajstić information content (AvgIpc) is 2.56. The molecule has 21 heavy (non-hydrogen) atoms. The molecule has 3 atom stereocenters. The lowest BCUT2D eigenvalue weighted by Gasteiger charge is -2.51. The zero-order chi connectivity index (χ0) is 14.9. The van der Waals surface area contributed by atoms with E-state index < -0.39 is 0 Å². The molecule has 0 bridgehead atoms. The van der Waals surface area contributed by atoms with Crippen molar-refractivity contribution in [1.29, 1.82) is 0 Å². The molecule has 0 radical (unpaired) electrons. The number of hydrogen-bond acceptors (Lipinski definition) is 3. The van der Waals surface area contributed by atoms with Crippen molar-refractivity contribution < 1.29 is 4.74 Å². The van der Waals surface area contributed by atoms with Gasteiger partial charge in [-0.15, -0.1) is 0 Å². The minimum atomic E-state index is 0.0142. The first-order valence-electron chi connectivity index (χ1n) is 8.28. The molecule has 116 valence electrons. The Hall–Kier alpha value is -0.900. The molecule has 1 fully saturated rings. The SMILES string of the molecule is COC1CCCN(C2(CN)CCC(C)c3ccccc32)C1. The molecule has 3 rings (SSSR count). The van der Waals surface area contributed by atoms with Gasteiger partial charge in [-0.3, -0.25) is 4.90 Å². The zero-order valence-electron chi connectivity index (χ0n) is 13.3. The van der Waals surface area contributed by atoms with E-state index in [-0.39, 0.29) is 5.54 Å². The highest BCUT2D eigenvalue weighted by molar-refractivity contribution is 5.39. The van der Waals surface area contributed by atoms with Gasteiger partial charge in [-0.1, -0.05) is 31.2 Å². The molecule has 0 saturated carbocycles. The molecule has 2 aliphatic rings. The molecule has 0 spiro atoms. The average molecular weight is 288 g/mol. The number of methoxy groups -OCH3 is 1. The van der Waals surface area contributed by atoms with Gasteiger partial charge in [0.15, 0.2) is 0 Å². The van der Waals surface area contributed by atoms with Crippen molar-refractivity contribution in [1.82, 2.24) is 4.90 Å². The van der Waals surface area contributed by atoms with Crippen LogP contribution >= 0.6 is 0 Å². The summed E-state index contributed by atoms with van der Waals surface area (Å²) < 4.78 is 5.63. The fraction of sp³-hybridized carbons (Fsp3) is 0.667. The van der Waals surface area contributed by atoms with Crippen molar-refractivity contribution in [2.24, 2.45) is 5.73 Å². The molecule has 1 heterocycles. The Morgan fingerprint density at radius 2 is 2.14 bits per heavy atom. The van der Waals surface area contributed by atoms with E-state index in [1.807, 2.05) is 7.11 Å². The van der Waals surface area contributed by atoms with Crippen LogP contribution in [0.15, 0.2) is 24.3 Å². The molecule has 2 N–H and O–H groups in total. The highest BCUT2D eigenvalue weighted by atomic mass is 16.5. The first-order chi connectivity index (χ1) is 10.2. The summed E-state index contributed by atoms with van der Waals surface area (Å²) in [6.45, 7) is 5.19. The molecule has 3 unspecified atom stereocenters. The fourth-order valence-electron chi connectivity index (χ4n) is 4.28. The van der Waals surface area contributed by atoms with Crippen LogP contribution in [0.4, 0.5) is 0 Å². The number of benzene rings is 1. The van der Waals surface area contributed by atoms with Crippen LogP contribution in [0.5, 0.6) is 0 Å². The monoisotopic (exact) mass is 288 g/mol. The van der Waals surface area contributed by atoms with Gasteiger partial charge in [0.1, 0.15) is 0 Å². The third kappa shape index (κ3) is 2.52. The number of ether oxygens (including phenoxy) is 1. The first-order valence-corrected chi connectivity index (χ1v) is 8.28. The Morgan fingerprint density at radius 3 is 2.90 bits per heavy atom. The lowest BCUT2D eigenvalue weighted by Crippen LogP contribution is -2.57. The number of nitrogens with zero attached hydrogens (tertiary/aromatic N) is 1. The van der Waals surface area contributed by atoms with Crippen LogP contribution in [-0.2, 0) is 10.3 Å². The lowest BCUT2D eigenvalue weighted by atomic mass is 9.71. The lowest BCUT2D eigenvalue weighted by molar-refractivity contribution is -0.0266. The predicted octanol–water partition coefficient (Wildman–Crippen LogP) is 2.85. The van der Waals surface area contributed by atoms with Crippen LogP contribution in [0.3, 0.4) is 0 Å².